The quantitative estimate of drug-likeness (QED) is 0.473. The Morgan fingerprint density at radius 3 is 2.55 bits per heavy atom. The molecule has 0 saturated carbocycles. The van der Waals surface area contributed by atoms with Gasteiger partial charge in [-0.25, -0.2) is 14.1 Å². The van der Waals surface area contributed by atoms with Gasteiger partial charge in [0.2, 0.25) is 11.8 Å². The number of halogens is 1. The van der Waals surface area contributed by atoms with Crippen LogP contribution in [-0.4, -0.2) is 52.5 Å². The van der Waals surface area contributed by atoms with Crippen LogP contribution in [0.1, 0.15) is 38.7 Å². The van der Waals surface area contributed by atoms with Crippen molar-refractivity contribution in [3.8, 4) is 11.1 Å². The third kappa shape index (κ3) is 5.49. The molecule has 0 radical (unpaired) electrons. The van der Waals surface area contributed by atoms with Crippen LogP contribution in [0.2, 0.25) is 0 Å². The van der Waals surface area contributed by atoms with Crippen molar-refractivity contribution in [1.29, 1.82) is 0 Å². The molecular formula is C28H31FN6O3. The van der Waals surface area contributed by atoms with Crippen molar-refractivity contribution in [2.45, 2.75) is 39.7 Å². The summed E-state index contributed by atoms with van der Waals surface area (Å²) >= 11 is 0. The summed E-state index contributed by atoms with van der Waals surface area (Å²) in [5.74, 6) is -0.796. The van der Waals surface area contributed by atoms with Crippen LogP contribution in [0.15, 0.2) is 51.9 Å². The summed E-state index contributed by atoms with van der Waals surface area (Å²) in [5, 5.41) is 7.50. The van der Waals surface area contributed by atoms with Crippen molar-refractivity contribution in [2.75, 3.05) is 20.1 Å². The van der Waals surface area contributed by atoms with Crippen molar-refractivity contribution in [2.24, 2.45) is 10.7 Å². The Morgan fingerprint density at radius 2 is 1.87 bits per heavy atom. The Balaban J connectivity index is 1.73. The first kappa shape index (κ1) is 26.7. The molecule has 1 aliphatic heterocycles. The summed E-state index contributed by atoms with van der Waals surface area (Å²) in [5.41, 5.74) is 7.90. The summed E-state index contributed by atoms with van der Waals surface area (Å²) in [4.78, 5) is 43.8. The number of likely N-dealkylation sites (N-methyl/N-ethyl adjacent to an activating group) is 1. The highest BCUT2D eigenvalue weighted by molar-refractivity contribution is 6.05. The van der Waals surface area contributed by atoms with Crippen molar-refractivity contribution in [1.82, 2.24) is 20.0 Å². The minimum atomic E-state index is -0.530. The minimum absolute atomic E-state index is 0.135. The number of hydrogen-bond donors (Lipinski definition) is 2. The monoisotopic (exact) mass is 518 g/mol. The number of nitrogens with two attached hydrogens (primary N) is 1. The van der Waals surface area contributed by atoms with E-state index >= 15 is 4.39 Å². The zero-order valence-electron chi connectivity index (χ0n) is 21.8. The molecule has 3 aromatic rings. The molecule has 3 N–H and O–H groups in total. The van der Waals surface area contributed by atoms with E-state index in [-0.39, 0.29) is 36.2 Å². The van der Waals surface area contributed by atoms with E-state index in [1.165, 1.54) is 19.3 Å². The molecule has 2 heterocycles. The van der Waals surface area contributed by atoms with Crippen molar-refractivity contribution in [3.63, 3.8) is 0 Å². The van der Waals surface area contributed by atoms with Crippen LogP contribution in [0, 0.1) is 5.82 Å². The lowest BCUT2D eigenvalue weighted by atomic mass is 9.98. The standard InChI is InChI=1S/C28H31FN6O3/c1-4-8-34(9-5-2)27(37)19-11-22-23(29)12-18(13-24(22)33-25(30)14-19)17-6-7-21-20(10-17)15-32-35(28(21)38)16-26(36)31-3/h6-7,10-13,15H,4-5,8-9,14,16H2,1-3H3,(H2,30,33)(H,31,36). The molecule has 1 aliphatic rings. The number of benzene rings is 2. The van der Waals surface area contributed by atoms with E-state index in [2.05, 4.69) is 15.4 Å². The smallest absolute Gasteiger partial charge is 0.275 e. The van der Waals surface area contributed by atoms with Crippen LogP contribution in [0.5, 0.6) is 0 Å². The fourth-order valence-corrected chi connectivity index (χ4v) is 4.51. The van der Waals surface area contributed by atoms with Gasteiger partial charge in [-0.15, -0.1) is 0 Å². The zero-order chi connectivity index (χ0) is 27.4. The Bertz CT molecular complexity index is 1520. The number of nitrogens with zero attached hydrogens (tertiary/aromatic N) is 4. The van der Waals surface area contributed by atoms with Gasteiger partial charge in [-0.1, -0.05) is 19.9 Å². The first-order chi connectivity index (χ1) is 18.2. The third-order valence-electron chi connectivity index (χ3n) is 6.37. The number of amides is 2. The van der Waals surface area contributed by atoms with Crippen LogP contribution >= 0.6 is 0 Å². The number of rotatable bonds is 8. The highest BCUT2D eigenvalue weighted by Gasteiger charge is 2.23. The second-order valence-electron chi connectivity index (χ2n) is 9.22. The highest BCUT2D eigenvalue weighted by Crippen LogP contribution is 2.35. The number of nitrogens with one attached hydrogen (secondary N) is 1. The van der Waals surface area contributed by atoms with E-state index in [0.29, 0.717) is 46.2 Å². The molecule has 0 spiro atoms. The van der Waals surface area contributed by atoms with Gasteiger partial charge in [0.25, 0.3) is 5.56 Å². The summed E-state index contributed by atoms with van der Waals surface area (Å²) in [6.45, 7) is 5.06. The average Bonchev–Trinajstić information content (AvgIpc) is 3.07. The second kappa shape index (κ2) is 11.4. The number of aliphatic imine (C=N–C) groups is 1. The van der Waals surface area contributed by atoms with E-state index in [1.54, 1.807) is 35.2 Å². The maximum Gasteiger partial charge on any atom is 0.275 e. The molecular weight excluding hydrogens is 487 g/mol. The van der Waals surface area contributed by atoms with Gasteiger partial charge in [-0.3, -0.25) is 14.4 Å². The van der Waals surface area contributed by atoms with E-state index in [0.717, 1.165) is 17.5 Å². The molecule has 198 valence electrons. The van der Waals surface area contributed by atoms with Crippen molar-refractivity contribution < 1.29 is 14.0 Å². The number of carbonyl (C=O) groups excluding carboxylic acids is 2. The van der Waals surface area contributed by atoms with Gasteiger partial charge in [0, 0.05) is 43.1 Å². The number of aromatic nitrogens is 2. The van der Waals surface area contributed by atoms with E-state index in [9.17, 15) is 14.4 Å². The SMILES string of the molecule is CCCN(CCC)C(=O)C1=Cc2c(F)cc(-c3ccc4c(=O)n(CC(=O)NC)ncc4c3)cc2N=C(N)C1. The van der Waals surface area contributed by atoms with E-state index in [4.69, 9.17) is 5.73 Å². The Morgan fingerprint density at radius 1 is 1.13 bits per heavy atom. The van der Waals surface area contributed by atoms with Crippen LogP contribution < -0.4 is 16.6 Å². The van der Waals surface area contributed by atoms with Gasteiger partial charge < -0.3 is 16.0 Å². The van der Waals surface area contributed by atoms with Gasteiger partial charge in [-0.05, 0) is 54.3 Å². The maximum absolute atomic E-state index is 15.5. The second-order valence-corrected chi connectivity index (χ2v) is 9.22. The normalized spacial score (nSPS) is 12.8. The molecule has 2 aromatic carbocycles. The molecule has 1 aromatic heterocycles. The van der Waals surface area contributed by atoms with Crippen LogP contribution in [0.3, 0.4) is 0 Å². The molecule has 0 fully saturated rings. The molecule has 0 bridgehead atoms. The molecule has 4 rings (SSSR count). The number of carbonyl (C=O) groups is 2. The highest BCUT2D eigenvalue weighted by atomic mass is 19.1. The zero-order valence-corrected chi connectivity index (χ0v) is 21.8. The van der Waals surface area contributed by atoms with Crippen LogP contribution in [-0.2, 0) is 16.1 Å². The Labute approximate surface area is 219 Å². The fraction of sp³-hybridized carbons (Fsp3) is 0.321. The number of amidine groups is 1. The molecule has 9 nitrogen and oxygen atoms in total. The molecule has 0 unspecified atom stereocenters. The predicted molar refractivity (Wildman–Crippen MR) is 147 cm³/mol. The molecule has 10 heteroatoms. The lowest BCUT2D eigenvalue weighted by Crippen LogP contribution is -2.34. The maximum atomic E-state index is 15.5. The van der Waals surface area contributed by atoms with Gasteiger partial charge >= 0.3 is 0 Å². The average molecular weight is 519 g/mol. The minimum Gasteiger partial charge on any atom is -0.387 e. The largest absolute Gasteiger partial charge is 0.387 e. The molecule has 0 saturated heterocycles. The van der Waals surface area contributed by atoms with E-state index < -0.39 is 11.4 Å². The molecule has 0 aliphatic carbocycles. The predicted octanol–water partition coefficient (Wildman–Crippen LogP) is 3.37. The van der Waals surface area contributed by atoms with E-state index in [1.807, 2.05) is 13.8 Å². The third-order valence-corrected chi connectivity index (χ3v) is 6.37. The van der Waals surface area contributed by atoms with Gasteiger partial charge in [0.05, 0.1) is 17.3 Å². The number of fused-ring (bicyclic) bond motifs is 2. The molecule has 2 amide bonds. The lowest BCUT2D eigenvalue weighted by Gasteiger charge is -2.22. The Kier molecular flexibility index (Phi) is 7.99. The lowest BCUT2D eigenvalue weighted by molar-refractivity contribution is -0.127. The van der Waals surface area contributed by atoms with Crippen LogP contribution in [0.25, 0.3) is 28.0 Å². The first-order valence-electron chi connectivity index (χ1n) is 12.6. The topological polar surface area (TPSA) is 123 Å². The van der Waals surface area contributed by atoms with Gasteiger partial charge in [-0.2, -0.15) is 5.10 Å². The van der Waals surface area contributed by atoms with Crippen molar-refractivity contribution >= 4 is 40.2 Å². The van der Waals surface area contributed by atoms with Crippen molar-refractivity contribution in [3.05, 3.63) is 63.8 Å². The summed E-state index contributed by atoms with van der Waals surface area (Å²) in [7, 11) is 1.49. The Hall–Kier alpha value is -4.34. The summed E-state index contributed by atoms with van der Waals surface area (Å²) in [6.07, 6.45) is 4.83. The number of hydrogen-bond acceptors (Lipinski definition) is 6. The fourth-order valence-electron chi connectivity index (χ4n) is 4.51. The summed E-state index contributed by atoms with van der Waals surface area (Å²) < 4.78 is 16.6. The molecule has 38 heavy (non-hydrogen) atoms. The first-order valence-corrected chi connectivity index (χ1v) is 12.6. The van der Waals surface area contributed by atoms with Gasteiger partial charge in [0.1, 0.15) is 18.2 Å². The molecule has 0 atom stereocenters. The van der Waals surface area contributed by atoms with Crippen LogP contribution in [0.4, 0.5) is 10.1 Å². The van der Waals surface area contributed by atoms with Gasteiger partial charge in [0.15, 0.2) is 0 Å². The summed E-state index contributed by atoms with van der Waals surface area (Å²) in [6, 6.07) is 8.16.